The normalized spacial score (nSPS) is 16.2. The van der Waals surface area contributed by atoms with E-state index in [1.165, 1.54) is 0 Å². The van der Waals surface area contributed by atoms with Crippen molar-refractivity contribution in [1.82, 2.24) is 0 Å². The van der Waals surface area contributed by atoms with Crippen molar-refractivity contribution in [1.29, 1.82) is 0 Å². The summed E-state index contributed by atoms with van der Waals surface area (Å²) in [5, 5.41) is -1.15. The van der Waals surface area contributed by atoms with Crippen LogP contribution in [0.15, 0.2) is 18.2 Å². The van der Waals surface area contributed by atoms with E-state index in [2.05, 4.69) is 15.9 Å². The van der Waals surface area contributed by atoms with Crippen LogP contribution in [0.4, 0.5) is 4.39 Å². The molecule has 2 nitrogen and oxygen atoms in total. The first-order valence-electron chi connectivity index (χ1n) is 3.45. The molecule has 0 fully saturated rings. The van der Waals surface area contributed by atoms with Gasteiger partial charge in [0, 0.05) is 5.56 Å². The van der Waals surface area contributed by atoms with E-state index in [-0.39, 0.29) is 6.79 Å². The van der Waals surface area contributed by atoms with E-state index in [0.717, 1.165) is 0 Å². The van der Waals surface area contributed by atoms with E-state index in [1.807, 2.05) is 0 Å². The van der Waals surface area contributed by atoms with Crippen LogP contribution in [0.1, 0.15) is 10.6 Å². The molecule has 1 aliphatic heterocycles. The van der Waals surface area contributed by atoms with Crippen molar-refractivity contribution < 1.29 is 13.9 Å². The highest BCUT2D eigenvalue weighted by molar-refractivity contribution is 9.09. The Morgan fingerprint density at radius 2 is 2.08 bits per heavy atom. The molecule has 4 heteroatoms. The molecule has 1 aromatic carbocycles. The van der Waals surface area contributed by atoms with Gasteiger partial charge in [-0.05, 0) is 28.1 Å². The number of hydrogen-bond acceptors (Lipinski definition) is 2. The fourth-order valence-electron chi connectivity index (χ4n) is 1.05. The molecule has 2 rings (SSSR count). The van der Waals surface area contributed by atoms with Gasteiger partial charge in [-0.1, -0.05) is 6.07 Å². The summed E-state index contributed by atoms with van der Waals surface area (Å²) in [4.78, 5) is 0. The van der Waals surface area contributed by atoms with Crippen molar-refractivity contribution in [3.8, 4) is 11.5 Å². The molecule has 1 aliphatic rings. The van der Waals surface area contributed by atoms with Crippen LogP contribution >= 0.6 is 15.9 Å². The monoisotopic (exact) mass is 232 g/mol. The molecule has 0 N–H and O–H groups in total. The predicted octanol–water partition coefficient (Wildman–Crippen LogP) is 2.78. The highest BCUT2D eigenvalue weighted by Crippen LogP contribution is 2.36. The lowest BCUT2D eigenvalue weighted by molar-refractivity contribution is 0.174. The van der Waals surface area contributed by atoms with Crippen molar-refractivity contribution in [2.24, 2.45) is 0 Å². The zero-order chi connectivity index (χ0) is 8.55. The summed E-state index contributed by atoms with van der Waals surface area (Å²) in [5.74, 6) is 1.28. The van der Waals surface area contributed by atoms with Crippen LogP contribution < -0.4 is 9.47 Å². The maximum Gasteiger partial charge on any atom is 0.231 e. The lowest BCUT2D eigenvalue weighted by Crippen LogP contribution is -1.92. The molecular weight excluding hydrogens is 227 g/mol. The van der Waals surface area contributed by atoms with E-state index >= 15 is 0 Å². The van der Waals surface area contributed by atoms with Gasteiger partial charge in [0.25, 0.3) is 0 Å². The second-order valence-corrected chi connectivity index (χ2v) is 3.22. The van der Waals surface area contributed by atoms with Gasteiger partial charge in [0.05, 0.1) is 0 Å². The Hall–Kier alpha value is -0.770. The van der Waals surface area contributed by atoms with E-state index in [4.69, 9.17) is 9.47 Å². The molecule has 1 heterocycles. The summed E-state index contributed by atoms with van der Waals surface area (Å²) in [7, 11) is 0. The van der Waals surface area contributed by atoms with Gasteiger partial charge < -0.3 is 9.47 Å². The fraction of sp³-hybridized carbons (Fsp3) is 0.250. The van der Waals surface area contributed by atoms with Gasteiger partial charge in [-0.3, -0.25) is 0 Å². The van der Waals surface area contributed by atoms with Crippen molar-refractivity contribution in [2.45, 2.75) is 5.08 Å². The van der Waals surface area contributed by atoms with Crippen molar-refractivity contribution in [3.05, 3.63) is 23.8 Å². The Morgan fingerprint density at radius 3 is 2.83 bits per heavy atom. The summed E-state index contributed by atoms with van der Waals surface area (Å²) in [6.45, 7) is 0.220. The Bertz CT molecular complexity index is 301. The summed E-state index contributed by atoms with van der Waals surface area (Å²) >= 11 is 2.83. The van der Waals surface area contributed by atoms with Crippen LogP contribution in [0.2, 0.25) is 0 Å². The van der Waals surface area contributed by atoms with Gasteiger partial charge in [0.2, 0.25) is 6.79 Å². The average molecular weight is 233 g/mol. The van der Waals surface area contributed by atoms with Crippen molar-refractivity contribution in [3.63, 3.8) is 0 Å². The van der Waals surface area contributed by atoms with E-state index in [1.54, 1.807) is 18.2 Å². The highest BCUT2D eigenvalue weighted by Gasteiger charge is 2.15. The van der Waals surface area contributed by atoms with Crippen LogP contribution in [0.25, 0.3) is 0 Å². The molecule has 0 aliphatic carbocycles. The number of fused-ring (bicyclic) bond motifs is 1. The average Bonchev–Trinajstić information content (AvgIpc) is 2.49. The zero-order valence-corrected chi connectivity index (χ0v) is 7.67. The number of halogens is 2. The van der Waals surface area contributed by atoms with Gasteiger partial charge in [-0.2, -0.15) is 0 Å². The van der Waals surface area contributed by atoms with Crippen LogP contribution in [-0.2, 0) is 0 Å². The Morgan fingerprint density at radius 1 is 1.33 bits per heavy atom. The first-order chi connectivity index (χ1) is 5.77. The first-order valence-corrected chi connectivity index (χ1v) is 4.36. The number of rotatable bonds is 1. The van der Waals surface area contributed by atoms with E-state index in [0.29, 0.717) is 17.1 Å². The molecule has 64 valence electrons. The Balaban J connectivity index is 2.39. The fourth-order valence-corrected chi connectivity index (χ4v) is 1.33. The predicted molar refractivity (Wildman–Crippen MR) is 45.3 cm³/mol. The third kappa shape index (κ3) is 1.27. The smallest absolute Gasteiger partial charge is 0.231 e. The molecule has 0 aromatic heterocycles. The van der Waals surface area contributed by atoms with Gasteiger partial charge in [0.15, 0.2) is 16.6 Å². The third-order valence-electron chi connectivity index (χ3n) is 1.65. The van der Waals surface area contributed by atoms with Gasteiger partial charge in [-0.25, -0.2) is 4.39 Å². The Labute approximate surface area is 77.4 Å². The molecule has 1 aromatic rings. The molecule has 1 unspecified atom stereocenters. The minimum Gasteiger partial charge on any atom is -0.454 e. The van der Waals surface area contributed by atoms with E-state index in [9.17, 15) is 4.39 Å². The zero-order valence-electron chi connectivity index (χ0n) is 6.09. The quantitative estimate of drug-likeness (QED) is 0.694. The largest absolute Gasteiger partial charge is 0.454 e. The van der Waals surface area contributed by atoms with Crippen molar-refractivity contribution in [2.75, 3.05) is 6.79 Å². The number of hydrogen-bond donors (Lipinski definition) is 0. The van der Waals surface area contributed by atoms with Crippen molar-refractivity contribution >= 4 is 15.9 Å². The summed E-state index contributed by atoms with van der Waals surface area (Å²) in [6.07, 6.45) is 0. The van der Waals surface area contributed by atoms with Gasteiger partial charge >= 0.3 is 0 Å². The SMILES string of the molecule is FC(Br)c1ccc2c(c1)OCO2. The second-order valence-electron chi connectivity index (χ2n) is 2.41. The lowest BCUT2D eigenvalue weighted by Gasteiger charge is -2.01. The minimum atomic E-state index is -1.15. The maximum atomic E-state index is 12.7. The molecule has 12 heavy (non-hydrogen) atoms. The summed E-state index contributed by atoms with van der Waals surface area (Å²) < 4.78 is 22.9. The molecule has 0 spiro atoms. The van der Waals surface area contributed by atoms with Crippen LogP contribution in [-0.4, -0.2) is 6.79 Å². The summed E-state index contributed by atoms with van der Waals surface area (Å²) in [6, 6.07) is 4.99. The molecule has 0 saturated carbocycles. The van der Waals surface area contributed by atoms with Gasteiger partial charge in [-0.15, -0.1) is 0 Å². The van der Waals surface area contributed by atoms with Crippen LogP contribution in [0.3, 0.4) is 0 Å². The molecule has 1 atom stereocenters. The first kappa shape index (κ1) is 7.86. The third-order valence-corrected chi connectivity index (χ3v) is 2.18. The molecule has 0 bridgehead atoms. The Kier molecular flexibility index (Phi) is 1.92. The number of alkyl halides is 2. The van der Waals surface area contributed by atoms with Gasteiger partial charge in [0.1, 0.15) is 0 Å². The second kappa shape index (κ2) is 2.94. The molecule has 0 radical (unpaired) electrons. The maximum absolute atomic E-state index is 12.7. The minimum absolute atomic E-state index is 0.220. The number of benzene rings is 1. The van der Waals surface area contributed by atoms with E-state index < -0.39 is 5.08 Å². The lowest BCUT2D eigenvalue weighted by atomic mass is 10.2. The van der Waals surface area contributed by atoms with Crippen LogP contribution in [0, 0.1) is 0 Å². The summed E-state index contributed by atoms with van der Waals surface area (Å²) in [5.41, 5.74) is 0.541. The molecular formula is C8H6BrFO2. The topological polar surface area (TPSA) is 18.5 Å². The molecule has 0 saturated heterocycles. The molecule has 0 amide bonds. The number of ether oxygens (including phenoxy) is 2. The van der Waals surface area contributed by atoms with Crippen LogP contribution in [0.5, 0.6) is 11.5 Å². The highest BCUT2D eigenvalue weighted by atomic mass is 79.9. The standard InChI is InChI=1S/C8H6BrFO2/c9-8(10)5-1-2-6-7(3-5)12-4-11-6/h1-3,8H,4H2.